The molecular weight excluding hydrogens is 554 g/mol. The Morgan fingerprint density at radius 2 is 1.61 bits per heavy atom. The van der Waals surface area contributed by atoms with Crippen LogP contribution in [0.3, 0.4) is 0 Å². The SMILES string of the molecule is O=C(O)CCCCC(C=Cc1ccccc1OCCCCCN1CCN(c2ccncc2)CC1)Cc1ccc(C(=O)O)cc1. The monoisotopic (exact) mass is 599 g/mol. The topological polar surface area (TPSA) is 103 Å². The zero-order valence-electron chi connectivity index (χ0n) is 25.5. The van der Waals surface area contributed by atoms with Crippen molar-refractivity contribution in [3.8, 4) is 5.75 Å². The van der Waals surface area contributed by atoms with Crippen LogP contribution in [0.5, 0.6) is 5.75 Å². The molecule has 1 fully saturated rings. The van der Waals surface area contributed by atoms with Crippen molar-refractivity contribution in [1.82, 2.24) is 9.88 Å². The first-order valence-electron chi connectivity index (χ1n) is 15.8. The molecule has 1 aromatic heterocycles. The van der Waals surface area contributed by atoms with Gasteiger partial charge in [-0.1, -0.05) is 48.9 Å². The van der Waals surface area contributed by atoms with E-state index >= 15 is 0 Å². The largest absolute Gasteiger partial charge is 0.493 e. The fourth-order valence-electron chi connectivity index (χ4n) is 5.61. The number of hydrogen-bond acceptors (Lipinski definition) is 6. The number of carboxylic acids is 2. The third kappa shape index (κ3) is 11.2. The minimum absolute atomic E-state index is 0.170. The number of nitrogens with zero attached hydrogens (tertiary/aromatic N) is 3. The third-order valence-electron chi connectivity index (χ3n) is 8.16. The van der Waals surface area contributed by atoms with E-state index < -0.39 is 11.9 Å². The van der Waals surface area contributed by atoms with Crippen molar-refractivity contribution >= 4 is 23.7 Å². The Balaban J connectivity index is 1.22. The quantitative estimate of drug-likeness (QED) is 0.156. The van der Waals surface area contributed by atoms with Crippen LogP contribution in [-0.2, 0) is 11.2 Å². The van der Waals surface area contributed by atoms with Crippen LogP contribution in [0.1, 0.15) is 66.4 Å². The zero-order chi connectivity index (χ0) is 31.0. The van der Waals surface area contributed by atoms with E-state index in [0.29, 0.717) is 13.0 Å². The van der Waals surface area contributed by atoms with E-state index in [2.05, 4.69) is 45.1 Å². The average Bonchev–Trinajstić information content (AvgIpc) is 3.04. The first-order valence-corrected chi connectivity index (χ1v) is 15.8. The normalized spacial score (nSPS) is 14.5. The minimum atomic E-state index is -0.936. The molecule has 0 radical (unpaired) electrons. The summed E-state index contributed by atoms with van der Waals surface area (Å²) in [6, 6.07) is 19.2. The van der Waals surface area contributed by atoms with Gasteiger partial charge in [0.15, 0.2) is 0 Å². The average molecular weight is 600 g/mol. The number of aromatic nitrogens is 1. The number of carbonyl (C=O) groups is 2. The van der Waals surface area contributed by atoms with Gasteiger partial charge in [0.1, 0.15) is 5.75 Å². The van der Waals surface area contributed by atoms with Crippen molar-refractivity contribution in [2.45, 2.75) is 51.4 Å². The first kappa shape index (κ1) is 32.7. The van der Waals surface area contributed by atoms with Gasteiger partial charge >= 0.3 is 11.9 Å². The number of piperazine rings is 1. The van der Waals surface area contributed by atoms with Crippen LogP contribution >= 0.6 is 0 Å². The molecule has 44 heavy (non-hydrogen) atoms. The van der Waals surface area contributed by atoms with Gasteiger partial charge in [-0.25, -0.2) is 4.79 Å². The fraction of sp³-hybridized carbons (Fsp3) is 0.417. The van der Waals surface area contributed by atoms with E-state index in [1.165, 1.54) is 5.69 Å². The molecule has 0 saturated carbocycles. The number of ether oxygens (including phenoxy) is 1. The molecule has 2 N–H and O–H groups in total. The molecule has 1 saturated heterocycles. The molecule has 4 rings (SSSR count). The Bertz CT molecular complexity index is 1320. The van der Waals surface area contributed by atoms with Gasteiger partial charge in [-0.3, -0.25) is 14.7 Å². The number of unbranched alkanes of at least 4 members (excludes halogenated alkanes) is 3. The second-order valence-electron chi connectivity index (χ2n) is 11.4. The molecule has 0 bridgehead atoms. The molecule has 0 spiro atoms. The van der Waals surface area contributed by atoms with Crippen molar-refractivity contribution < 1.29 is 24.5 Å². The number of para-hydroxylation sites is 1. The van der Waals surface area contributed by atoms with E-state index in [1.54, 1.807) is 12.1 Å². The molecular formula is C36H45N3O5. The Morgan fingerprint density at radius 1 is 0.864 bits per heavy atom. The van der Waals surface area contributed by atoms with Crippen LogP contribution in [0.2, 0.25) is 0 Å². The number of aromatic carboxylic acids is 1. The molecule has 2 aromatic carbocycles. The maximum absolute atomic E-state index is 11.2. The summed E-state index contributed by atoms with van der Waals surface area (Å²) in [5.74, 6) is -0.646. The Labute approximate surface area is 261 Å². The molecule has 1 aliphatic rings. The summed E-state index contributed by atoms with van der Waals surface area (Å²) < 4.78 is 6.21. The maximum Gasteiger partial charge on any atom is 0.335 e. The van der Waals surface area contributed by atoms with Crippen LogP contribution in [-0.4, -0.2) is 71.4 Å². The summed E-state index contributed by atoms with van der Waals surface area (Å²) >= 11 is 0. The number of benzene rings is 2. The van der Waals surface area contributed by atoms with Crippen LogP contribution in [0.4, 0.5) is 5.69 Å². The fourth-order valence-corrected chi connectivity index (χ4v) is 5.61. The van der Waals surface area contributed by atoms with Crippen LogP contribution in [0.25, 0.3) is 6.08 Å². The molecule has 1 aliphatic heterocycles. The van der Waals surface area contributed by atoms with Gasteiger partial charge in [0.05, 0.1) is 12.2 Å². The van der Waals surface area contributed by atoms with Crippen LogP contribution < -0.4 is 9.64 Å². The molecule has 8 nitrogen and oxygen atoms in total. The second-order valence-corrected chi connectivity index (χ2v) is 11.4. The summed E-state index contributed by atoms with van der Waals surface area (Å²) in [6.07, 6.45) is 14.5. The number of pyridine rings is 1. The van der Waals surface area contributed by atoms with Gasteiger partial charge in [0, 0.05) is 56.2 Å². The van der Waals surface area contributed by atoms with Crippen molar-refractivity contribution in [1.29, 1.82) is 0 Å². The lowest BCUT2D eigenvalue weighted by molar-refractivity contribution is -0.137. The Hall–Kier alpha value is -4.17. The second kappa shape index (κ2) is 17.8. The highest BCUT2D eigenvalue weighted by atomic mass is 16.5. The highest BCUT2D eigenvalue weighted by Gasteiger charge is 2.16. The highest BCUT2D eigenvalue weighted by molar-refractivity contribution is 5.87. The maximum atomic E-state index is 11.2. The summed E-state index contributed by atoms with van der Waals surface area (Å²) in [4.78, 5) is 31.3. The van der Waals surface area contributed by atoms with E-state index in [4.69, 9.17) is 9.84 Å². The number of anilines is 1. The van der Waals surface area contributed by atoms with Gasteiger partial charge < -0.3 is 19.8 Å². The first-order chi connectivity index (χ1) is 21.5. The van der Waals surface area contributed by atoms with Crippen molar-refractivity contribution in [2.75, 3.05) is 44.2 Å². The number of allylic oxidation sites excluding steroid dienone is 1. The Morgan fingerprint density at radius 3 is 2.34 bits per heavy atom. The highest BCUT2D eigenvalue weighted by Crippen LogP contribution is 2.24. The van der Waals surface area contributed by atoms with E-state index in [0.717, 1.165) is 88.1 Å². The lowest BCUT2D eigenvalue weighted by Gasteiger charge is -2.36. The van der Waals surface area contributed by atoms with Gasteiger partial charge in [0.25, 0.3) is 0 Å². The zero-order valence-corrected chi connectivity index (χ0v) is 25.5. The summed E-state index contributed by atoms with van der Waals surface area (Å²) in [5, 5.41) is 18.2. The lowest BCUT2D eigenvalue weighted by Crippen LogP contribution is -2.46. The standard InChI is InChI=1S/C36H45N3O5/c40-35(41)11-5-2-8-29(28-30-13-16-32(17-14-30)36(42)43)12-15-31-9-3-4-10-34(31)44-27-7-1-6-22-38-23-25-39(26-24-38)33-18-20-37-21-19-33/h3-4,9-10,12-21,29H,1-2,5-8,11,22-28H2,(H,40,41)(H,42,43). The summed E-state index contributed by atoms with van der Waals surface area (Å²) in [5.41, 5.74) is 3.61. The van der Waals surface area contributed by atoms with Gasteiger partial charge in [0.2, 0.25) is 0 Å². The van der Waals surface area contributed by atoms with E-state index in [1.807, 2.05) is 42.7 Å². The molecule has 1 atom stereocenters. The van der Waals surface area contributed by atoms with Crippen molar-refractivity contribution in [3.05, 3.63) is 95.8 Å². The number of rotatable bonds is 18. The number of aliphatic carboxylic acids is 1. The van der Waals surface area contributed by atoms with Gasteiger partial charge in [-0.05, 0) is 86.9 Å². The predicted octanol–water partition coefficient (Wildman–Crippen LogP) is 6.67. The molecule has 1 unspecified atom stereocenters. The minimum Gasteiger partial charge on any atom is -0.493 e. The summed E-state index contributed by atoms with van der Waals surface area (Å²) in [7, 11) is 0. The third-order valence-corrected chi connectivity index (χ3v) is 8.16. The summed E-state index contributed by atoms with van der Waals surface area (Å²) in [6.45, 7) is 6.08. The molecule has 2 heterocycles. The van der Waals surface area contributed by atoms with E-state index in [-0.39, 0.29) is 17.9 Å². The number of hydrogen-bond donors (Lipinski definition) is 2. The smallest absolute Gasteiger partial charge is 0.335 e. The van der Waals surface area contributed by atoms with Crippen LogP contribution in [0, 0.1) is 5.92 Å². The van der Waals surface area contributed by atoms with Gasteiger partial charge in [-0.15, -0.1) is 0 Å². The molecule has 3 aromatic rings. The van der Waals surface area contributed by atoms with Crippen LogP contribution in [0.15, 0.2) is 79.1 Å². The lowest BCUT2D eigenvalue weighted by atomic mass is 9.92. The molecule has 0 aliphatic carbocycles. The molecule has 8 heteroatoms. The van der Waals surface area contributed by atoms with Crippen molar-refractivity contribution in [3.63, 3.8) is 0 Å². The Kier molecular flexibility index (Phi) is 13.3. The molecule has 234 valence electrons. The van der Waals surface area contributed by atoms with Gasteiger partial charge in [-0.2, -0.15) is 0 Å². The van der Waals surface area contributed by atoms with Crippen molar-refractivity contribution in [2.24, 2.45) is 5.92 Å². The van der Waals surface area contributed by atoms with E-state index in [9.17, 15) is 14.7 Å². The molecule has 0 amide bonds. The predicted molar refractivity (Wildman–Crippen MR) is 174 cm³/mol. The number of carboxylic acid groups (broad SMARTS) is 2.